The van der Waals surface area contributed by atoms with Crippen LogP contribution in [-0.2, 0) is 9.59 Å². The van der Waals surface area contributed by atoms with Crippen LogP contribution in [0, 0.1) is 0 Å². The molecule has 0 spiro atoms. The average molecular weight is 371 g/mol. The third kappa shape index (κ3) is 4.67. The van der Waals surface area contributed by atoms with Crippen molar-refractivity contribution in [1.82, 2.24) is 15.1 Å². The number of carbonyl (C=O) groups excluding carboxylic acids is 3. The molecule has 3 amide bonds. The molecule has 6 heteroatoms. The van der Waals surface area contributed by atoms with Gasteiger partial charge in [0.15, 0.2) is 0 Å². The van der Waals surface area contributed by atoms with Crippen LogP contribution in [0.4, 0.5) is 0 Å². The molecule has 2 heterocycles. The number of likely N-dealkylation sites (tertiary alicyclic amines) is 2. The van der Waals surface area contributed by atoms with E-state index in [1.54, 1.807) is 4.90 Å². The summed E-state index contributed by atoms with van der Waals surface area (Å²) in [6.07, 6.45) is 4.62. The smallest absolute Gasteiger partial charge is 0.253 e. The second-order valence-corrected chi connectivity index (χ2v) is 7.39. The van der Waals surface area contributed by atoms with Gasteiger partial charge in [-0.1, -0.05) is 25.1 Å². The van der Waals surface area contributed by atoms with E-state index < -0.39 is 0 Å². The number of piperidine rings is 2. The maximum atomic E-state index is 12.7. The van der Waals surface area contributed by atoms with Crippen LogP contribution in [0.15, 0.2) is 30.3 Å². The molecule has 3 rings (SSSR count). The van der Waals surface area contributed by atoms with Crippen LogP contribution in [0.5, 0.6) is 0 Å². The number of carbonyl (C=O) groups is 3. The van der Waals surface area contributed by atoms with Crippen molar-refractivity contribution in [3.05, 3.63) is 35.9 Å². The van der Waals surface area contributed by atoms with Crippen molar-refractivity contribution >= 4 is 17.7 Å². The van der Waals surface area contributed by atoms with Crippen LogP contribution in [0.2, 0.25) is 0 Å². The standard InChI is InChI=1S/C21H29N3O3/c1-2-19(25)24-13-7-6-10-18(24)20(26)22-17-11-14-23(15-12-17)21(27)16-8-4-3-5-9-16/h3-5,8-9,17-18H,2,6-7,10-15H2,1H3,(H,22,26)/t18-/m0/s1. The summed E-state index contributed by atoms with van der Waals surface area (Å²) in [4.78, 5) is 41.0. The highest BCUT2D eigenvalue weighted by atomic mass is 16.2. The maximum absolute atomic E-state index is 12.7. The molecule has 2 aliphatic rings. The normalized spacial score (nSPS) is 21.0. The molecule has 1 atom stereocenters. The van der Waals surface area contributed by atoms with Crippen molar-refractivity contribution in [2.45, 2.75) is 57.5 Å². The topological polar surface area (TPSA) is 69.7 Å². The average Bonchev–Trinajstić information content (AvgIpc) is 2.73. The van der Waals surface area contributed by atoms with E-state index in [0.29, 0.717) is 31.6 Å². The Hall–Kier alpha value is -2.37. The number of nitrogens with zero attached hydrogens (tertiary/aromatic N) is 2. The van der Waals surface area contributed by atoms with Crippen molar-refractivity contribution in [1.29, 1.82) is 0 Å². The third-order valence-corrected chi connectivity index (χ3v) is 5.58. The van der Waals surface area contributed by atoms with Crippen LogP contribution in [0.1, 0.15) is 55.8 Å². The quantitative estimate of drug-likeness (QED) is 0.882. The third-order valence-electron chi connectivity index (χ3n) is 5.58. The van der Waals surface area contributed by atoms with Crippen molar-refractivity contribution < 1.29 is 14.4 Å². The van der Waals surface area contributed by atoms with Gasteiger partial charge in [0, 0.05) is 37.7 Å². The predicted molar refractivity (Wildman–Crippen MR) is 103 cm³/mol. The van der Waals surface area contributed by atoms with E-state index in [1.165, 1.54) is 0 Å². The number of hydrogen-bond acceptors (Lipinski definition) is 3. The van der Waals surface area contributed by atoms with Crippen LogP contribution in [0.3, 0.4) is 0 Å². The number of hydrogen-bond donors (Lipinski definition) is 1. The first-order valence-electron chi connectivity index (χ1n) is 10.0. The minimum Gasteiger partial charge on any atom is -0.351 e. The molecule has 0 bridgehead atoms. The molecule has 0 aromatic heterocycles. The van der Waals surface area contributed by atoms with Crippen molar-refractivity contribution in [3.8, 4) is 0 Å². The van der Waals surface area contributed by atoms with Gasteiger partial charge in [0.2, 0.25) is 11.8 Å². The van der Waals surface area contributed by atoms with Crippen LogP contribution in [0.25, 0.3) is 0 Å². The van der Waals surface area contributed by atoms with Gasteiger partial charge in [-0.2, -0.15) is 0 Å². The van der Waals surface area contributed by atoms with Gasteiger partial charge in [-0.3, -0.25) is 14.4 Å². The fourth-order valence-corrected chi connectivity index (χ4v) is 3.99. The number of amides is 3. The van der Waals surface area contributed by atoms with Gasteiger partial charge in [0.05, 0.1) is 0 Å². The van der Waals surface area contributed by atoms with Crippen molar-refractivity contribution in [2.24, 2.45) is 0 Å². The minimum absolute atomic E-state index is 0.0377. The Balaban J connectivity index is 1.52. The predicted octanol–water partition coefficient (Wildman–Crippen LogP) is 2.20. The molecular formula is C21H29N3O3. The molecule has 2 fully saturated rings. The second-order valence-electron chi connectivity index (χ2n) is 7.39. The minimum atomic E-state index is -0.338. The van der Waals surface area contributed by atoms with Gasteiger partial charge in [-0.15, -0.1) is 0 Å². The first kappa shape index (κ1) is 19.4. The van der Waals surface area contributed by atoms with E-state index in [1.807, 2.05) is 42.2 Å². The number of benzene rings is 1. The summed E-state index contributed by atoms with van der Waals surface area (Å²) in [6, 6.07) is 9.03. The highest BCUT2D eigenvalue weighted by Crippen LogP contribution is 2.20. The molecule has 1 N–H and O–H groups in total. The summed E-state index contributed by atoms with van der Waals surface area (Å²) in [5.74, 6) is 0.0647. The molecule has 6 nitrogen and oxygen atoms in total. The van der Waals surface area contributed by atoms with E-state index >= 15 is 0 Å². The lowest BCUT2D eigenvalue weighted by atomic mass is 9.99. The van der Waals surface area contributed by atoms with Crippen LogP contribution in [-0.4, -0.2) is 59.2 Å². The van der Waals surface area contributed by atoms with Crippen molar-refractivity contribution in [3.63, 3.8) is 0 Å². The van der Waals surface area contributed by atoms with E-state index in [0.717, 1.165) is 32.1 Å². The Kier molecular flexibility index (Phi) is 6.48. The second kappa shape index (κ2) is 9.02. The zero-order chi connectivity index (χ0) is 19.2. The summed E-state index contributed by atoms with van der Waals surface area (Å²) in [5.41, 5.74) is 0.705. The fraction of sp³-hybridized carbons (Fsp3) is 0.571. The van der Waals surface area contributed by atoms with Crippen molar-refractivity contribution in [2.75, 3.05) is 19.6 Å². The molecule has 146 valence electrons. The summed E-state index contributed by atoms with van der Waals surface area (Å²) in [5, 5.41) is 3.13. The van der Waals surface area contributed by atoms with Gasteiger partial charge >= 0.3 is 0 Å². The largest absolute Gasteiger partial charge is 0.351 e. The lowest BCUT2D eigenvalue weighted by Crippen LogP contribution is -2.55. The first-order chi connectivity index (χ1) is 13.1. The molecule has 2 aliphatic heterocycles. The zero-order valence-corrected chi connectivity index (χ0v) is 16.0. The van der Waals surface area contributed by atoms with Gasteiger partial charge in [0.1, 0.15) is 6.04 Å². The van der Waals surface area contributed by atoms with Crippen LogP contribution < -0.4 is 5.32 Å². The molecule has 0 radical (unpaired) electrons. The Labute approximate surface area is 160 Å². The van der Waals surface area contributed by atoms with Gasteiger partial charge in [-0.25, -0.2) is 0 Å². The van der Waals surface area contributed by atoms with Gasteiger partial charge in [0.25, 0.3) is 5.91 Å². The molecule has 1 aromatic rings. The summed E-state index contributed by atoms with van der Waals surface area (Å²) in [7, 11) is 0. The van der Waals surface area contributed by atoms with Gasteiger partial charge in [-0.05, 0) is 44.2 Å². The number of rotatable bonds is 4. The molecular weight excluding hydrogens is 342 g/mol. The molecule has 0 unspecified atom stereocenters. The zero-order valence-electron chi connectivity index (χ0n) is 16.0. The molecule has 2 saturated heterocycles. The Morgan fingerprint density at radius 1 is 1.00 bits per heavy atom. The first-order valence-corrected chi connectivity index (χ1v) is 10.0. The van der Waals surface area contributed by atoms with E-state index in [-0.39, 0.29) is 29.8 Å². The highest BCUT2D eigenvalue weighted by molar-refractivity contribution is 5.94. The monoisotopic (exact) mass is 371 g/mol. The van der Waals surface area contributed by atoms with Crippen LogP contribution >= 0.6 is 0 Å². The lowest BCUT2D eigenvalue weighted by Gasteiger charge is -2.37. The molecule has 0 aliphatic carbocycles. The van der Waals surface area contributed by atoms with E-state index in [2.05, 4.69) is 5.32 Å². The Bertz CT molecular complexity index is 669. The molecule has 1 aromatic carbocycles. The molecule has 27 heavy (non-hydrogen) atoms. The highest BCUT2D eigenvalue weighted by Gasteiger charge is 2.33. The maximum Gasteiger partial charge on any atom is 0.253 e. The SMILES string of the molecule is CCC(=O)N1CCCC[C@H]1C(=O)NC1CCN(C(=O)c2ccccc2)CC1. The summed E-state index contributed by atoms with van der Waals surface area (Å²) >= 11 is 0. The molecule has 0 saturated carbocycles. The van der Waals surface area contributed by atoms with E-state index in [4.69, 9.17) is 0 Å². The number of nitrogens with one attached hydrogen (secondary N) is 1. The van der Waals surface area contributed by atoms with E-state index in [9.17, 15) is 14.4 Å². The summed E-state index contributed by atoms with van der Waals surface area (Å²) in [6.45, 7) is 3.79. The Morgan fingerprint density at radius 2 is 1.70 bits per heavy atom. The Morgan fingerprint density at radius 3 is 2.37 bits per heavy atom. The summed E-state index contributed by atoms with van der Waals surface area (Å²) < 4.78 is 0. The van der Waals surface area contributed by atoms with Gasteiger partial charge < -0.3 is 15.1 Å². The lowest BCUT2D eigenvalue weighted by molar-refractivity contribution is -0.142. The fourth-order valence-electron chi connectivity index (χ4n) is 3.99.